The SMILES string of the molecule is [2H]C1=C(c2nc(-c3cc(C)cc(C)c3)nc(-c3ccc4c5ccccc5c5ccccc5c4c3)n2)S([2H])=c2sc3c([2H])c([2H])c([2H])c(-c4ccc(-c5ccccc5)cc4)c3c2=C1[2H]. The van der Waals surface area contributed by atoms with Crippen LogP contribution in [0.5, 0.6) is 0 Å². The van der Waals surface area contributed by atoms with Gasteiger partial charge in [0, 0.05) is 31.3 Å². The number of allylic oxidation sites excluding steroid dienone is 1. The smallest absolute Gasteiger partial charge is 0.169 e. The summed E-state index contributed by atoms with van der Waals surface area (Å²) in [5.41, 5.74) is 6.69. The molecule has 270 valence electrons. The molecule has 3 heterocycles. The van der Waals surface area contributed by atoms with Crippen molar-refractivity contribution >= 4 is 76.0 Å². The van der Waals surface area contributed by atoms with Gasteiger partial charge < -0.3 is 0 Å². The summed E-state index contributed by atoms with van der Waals surface area (Å²) >= 11 is -0.402. The fourth-order valence-corrected chi connectivity index (χ4v) is 10.3. The summed E-state index contributed by atoms with van der Waals surface area (Å²) in [6, 6.07) is 46.0. The Morgan fingerprint density at radius 1 is 0.509 bits per heavy atom. The minimum atomic E-state index is -1.59. The number of rotatable bonds is 5. The highest BCUT2D eigenvalue weighted by molar-refractivity contribution is 8.02. The first-order valence-electron chi connectivity index (χ1n) is 21.7. The molecule has 8 aromatic carbocycles. The number of hydrogen-bond donors (Lipinski definition) is 1. The Kier molecular flexibility index (Phi) is 6.67. The van der Waals surface area contributed by atoms with Crippen molar-refractivity contribution in [3.8, 4) is 45.0 Å². The van der Waals surface area contributed by atoms with Crippen LogP contribution in [0.1, 0.15) is 23.8 Å². The van der Waals surface area contributed by atoms with Crippen LogP contribution in [0.25, 0.3) is 98.4 Å². The molecule has 0 saturated heterocycles. The zero-order chi connectivity index (χ0) is 43.3. The van der Waals surface area contributed by atoms with Crippen molar-refractivity contribution in [2.75, 3.05) is 0 Å². The average Bonchev–Trinajstić information content (AvgIpc) is 3.71. The Hall–Kier alpha value is -6.53. The Bertz CT molecular complexity index is 3720. The molecule has 57 heavy (non-hydrogen) atoms. The minimum absolute atomic E-state index is 0.129. The molecule has 0 radical (unpaired) electrons. The Labute approximate surface area is 346 Å². The molecule has 0 aliphatic carbocycles. The molecule has 1 atom stereocenters. The summed E-state index contributed by atoms with van der Waals surface area (Å²) in [5, 5.41) is 7.52. The van der Waals surface area contributed by atoms with Gasteiger partial charge in [0.2, 0.25) is 0 Å². The van der Waals surface area contributed by atoms with E-state index in [0.29, 0.717) is 41.9 Å². The van der Waals surface area contributed by atoms with Crippen LogP contribution < -0.4 is 5.22 Å². The zero-order valence-corrected chi connectivity index (χ0v) is 32.6. The fraction of sp³-hybridized carbons (Fsp3) is 0.0385. The highest BCUT2D eigenvalue weighted by Gasteiger charge is 2.18. The molecule has 1 aliphatic rings. The molecule has 2 aromatic heterocycles. The number of aryl methyl sites for hydroxylation is 2. The molecule has 1 unspecified atom stereocenters. The Balaban J connectivity index is 1.15. The fourth-order valence-electron chi connectivity index (χ4n) is 8.04. The number of benzene rings is 8. The molecule has 10 aromatic rings. The molecule has 0 bridgehead atoms. The van der Waals surface area contributed by atoms with Gasteiger partial charge in [-0.3, -0.25) is 0 Å². The van der Waals surface area contributed by atoms with Crippen LogP contribution in [0.15, 0.2) is 164 Å². The summed E-state index contributed by atoms with van der Waals surface area (Å²) in [7, 11) is 0. The Morgan fingerprint density at radius 3 is 1.77 bits per heavy atom. The van der Waals surface area contributed by atoms with Gasteiger partial charge in [-0.25, -0.2) is 15.0 Å². The third-order valence-corrected chi connectivity index (χ3v) is 12.9. The molecule has 0 saturated carbocycles. The van der Waals surface area contributed by atoms with E-state index in [1.807, 2.05) is 92.7 Å². The van der Waals surface area contributed by atoms with Gasteiger partial charge in [0.1, 0.15) is 1.12 Å². The molecular formula is C52H35N3S2. The minimum Gasteiger partial charge on any atom is -0.208 e. The number of aromatic nitrogens is 3. The van der Waals surface area contributed by atoms with E-state index in [1.54, 1.807) is 0 Å². The lowest BCUT2D eigenvalue weighted by Crippen LogP contribution is -2.05. The second kappa shape index (κ2) is 13.6. The van der Waals surface area contributed by atoms with Gasteiger partial charge in [-0.2, -0.15) is 0 Å². The molecule has 5 heteroatoms. The number of hydrogen-bond acceptors (Lipinski definition) is 4. The van der Waals surface area contributed by atoms with Crippen molar-refractivity contribution in [2.45, 2.75) is 13.8 Å². The van der Waals surface area contributed by atoms with E-state index >= 15 is 0 Å². The van der Waals surface area contributed by atoms with Crippen molar-refractivity contribution in [2.24, 2.45) is 0 Å². The maximum Gasteiger partial charge on any atom is 0.169 e. The second-order valence-electron chi connectivity index (χ2n) is 14.4. The lowest BCUT2D eigenvalue weighted by molar-refractivity contribution is 1.04. The van der Waals surface area contributed by atoms with E-state index in [1.165, 1.54) is 16.7 Å². The summed E-state index contributed by atoms with van der Waals surface area (Å²) in [6.07, 6.45) is 0. The second-order valence-corrected chi connectivity index (χ2v) is 16.7. The van der Waals surface area contributed by atoms with E-state index in [4.69, 9.17) is 19.1 Å². The van der Waals surface area contributed by atoms with Gasteiger partial charge in [-0.1, -0.05) is 151 Å². The lowest BCUT2D eigenvalue weighted by Gasteiger charge is -2.13. The summed E-state index contributed by atoms with van der Waals surface area (Å²) in [4.78, 5) is 15.3. The van der Waals surface area contributed by atoms with E-state index in [9.17, 15) is 3.87 Å². The molecule has 0 fully saturated rings. The molecular weight excluding hydrogens is 731 g/mol. The highest BCUT2D eigenvalue weighted by Crippen LogP contribution is 2.38. The predicted octanol–water partition coefficient (Wildman–Crippen LogP) is 13.4. The van der Waals surface area contributed by atoms with Gasteiger partial charge in [-0.15, -0.1) is 22.6 Å². The highest BCUT2D eigenvalue weighted by atomic mass is 32.2. The summed E-state index contributed by atoms with van der Waals surface area (Å²) in [6.45, 7) is 4.04. The van der Waals surface area contributed by atoms with Gasteiger partial charge in [0.15, 0.2) is 17.5 Å². The topological polar surface area (TPSA) is 38.7 Å². The third-order valence-electron chi connectivity index (χ3n) is 10.6. The largest absolute Gasteiger partial charge is 0.208 e. The maximum atomic E-state index is 9.88. The van der Waals surface area contributed by atoms with Crippen molar-refractivity contribution in [3.63, 3.8) is 0 Å². The van der Waals surface area contributed by atoms with Crippen LogP contribution in [0.4, 0.5) is 0 Å². The van der Waals surface area contributed by atoms with E-state index in [0.717, 1.165) is 60.3 Å². The normalized spacial score (nSPS) is 15.7. The van der Waals surface area contributed by atoms with E-state index < -0.39 is 11.3 Å². The molecule has 0 N–H and O–H groups in total. The molecule has 1 aliphatic heterocycles. The quantitative estimate of drug-likeness (QED) is 0.108. The number of thiol groups is 1. The first-order valence-corrected chi connectivity index (χ1v) is 20.4. The van der Waals surface area contributed by atoms with E-state index in [2.05, 4.69) is 60.7 Å². The van der Waals surface area contributed by atoms with Crippen LogP contribution in [-0.4, -0.2) is 16.1 Å². The van der Waals surface area contributed by atoms with Crippen LogP contribution in [0, 0.1) is 17.7 Å². The van der Waals surface area contributed by atoms with Crippen LogP contribution >= 0.6 is 22.6 Å². The van der Waals surface area contributed by atoms with Crippen molar-refractivity contribution in [1.29, 1.82) is 1.12 Å². The number of fused-ring (bicyclic) bond motifs is 9. The average molecular weight is 772 g/mol. The maximum absolute atomic E-state index is 9.88. The van der Waals surface area contributed by atoms with Crippen molar-refractivity contribution in [3.05, 3.63) is 190 Å². The van der Waals surface area contributed by atoms with Gasteiger partial charge >= 0.3 is 0 Å². The number of nitrogens with zero attached hydrogens (tertiary/aromatic N) is 3. The van der Waals surface area contributed by atoms with Crippen LogP contribution in [-0.2, 0) is 0 Å². The van der Waals surface area contributed by atoms with Crippen LogP contribution in [0.3, 0.4) is 0 Å². The van der Waals surface area contributed by atoms with Gasteiger partial charge in [0.05, 0.1) is 10.7 Å². The molecule has 0 spiro atoms. The molecule has 3 nitrogen and oxygen atoms in total. The van der Waals surface area contributed by atoms with Gasteiger partial charge in [-0.05, 0) is 98.7 Å². The van der Waals surface area contributed by atoms with E-state index in [-0.39, 0.29) is 41.0 Å². The summed E-state index contributed by atoms with van der Waals surface area (Å²) < 4.78 is 57.0. The third kappa shape index (κ3) is 5.90. The number of thiophene rings is 1. The molecule has 0 amide bonds. The zero-order valence-electron chi connectivity index (χ0n) is 36.9. The first-order chi connectivity index (χ1) is 30.5. The molecule has 11 rings (SSSR count). The Morgan fingerprint density at radius 2 is 1.07 bits per heavy atom. The van der Waals surface area contributed by atoms with Crippen molar-refractivity contribution in [1.82, 2.24) is 15.0 Å². The predicted molar refractivity (Wildman–Crippen MR) is 245 cm³/mol. The standard InChI is InChI=1S/C52H35N3S2/c1-31-27-32(2)29-37(28-31)50-53-49(36-23-24-43-41-15-7-6-13-39(41)40-14-8-9-16-42(40)45(43)30-36)54-51(55-50)47-26-25-44-48-38(17-10-18-46(48)56-52(44)57-47)35-21-19-34(20-22-35)33-11-4-3-5-12-33/h3-30,57H,1-2H3/i10D,17D,18D,25D,26D,57D. The van der Waals surface area contributed by atoms with Crippen molar-refractivity contribution < 1.29 is 6.85 Å². The van der Waals surface area contributed by atoms with Crippen LogP contribution in [0.2, 0.25) is 0 Å². The monoisotopic (exact) mass is 771 g/mol. The van der Waals surface area contributed by atoms with Gasteiger partial charge in [0.25, 0.3) is 0 Å². The lowest BCUT2D eigenvalue weighted by atomic mass is 9.93. The summed E-state index contributed by atoms with van der Waals surface area (Å²) in [5.74, 6) is 0.911. The first kappa shape index (κ1) is 28.0.